The van der Waals surface area contributed by atoms with Crippen LogP contribution in [0.3, 0.4) is 0 Å². The van der Waals surface area contributed by atoms with Crippen LogP contribution in [-0.4, -0.2) is 28.8 Å². The fraction of sp³-hybridized carbons (Fsp3) is 0.440. The Bertz CT molecular complexity index is 1040. The number of hydrogen-bond donors (Lipinski definition) is 0. The number of aromatic nitrogens is 3. The zero-order valence-electron chi connectivity index (χ0n) is 18.8. The zero-order valence-corrected chi connectivity index (χ0v) is 18.8. The second kappa shape index (κ2) is 9.50. The Kier molecular flexibility index (Phi) is 6.54. The van der Waals surface area contributed by atoms with Crippen LogP contribution in [-0.2, 0) is 6.42 Å². The highest BCUT2D eigenvalue weighted by molar-refractivity contribution is 5.64. The summed E-state index contributed by atoms with van der Waals surface area (Å²) in [7, 11) is 1.64. The van der Waals surface area contributed by atoms with Crippen molar-refractivity contribution in [1.82, 2.24) is 15.1 Å². The van der Waals surface area contributed by atoms with Crippen LogP contribution in [0.4, 0.5) is 0 Å². The Hall–Kier alpha value is -2.89. The van der Waals surface area contributed by atoms with E-state index in [-0.39, 0.29) is 0 Å². The highest BCUT2D eigenvalue weighted by atomic mass is 16.5. The van der Waals surface area contributed by atoms with Gasteiger partial charge in [0.05, 0.1) is 13.7 Å². The zero-order chi connectivity index (χ0) is 21.8. The lowest BCUT2D eigenvalue weighted by Crippen LogP contribution is -2.01. The number of nitrogens with zero attached hydrogens (tertiary/aromatic N) is 3. The van der Waals surface area contributed by atoms with Crippen LogP contribution >= 0.6 is 0 Å². The molecular formula is C25H30N3O3. The first-order chi connectivity index (χ1) is 15.1. The molecule has 2 aromatic heterocycles. The van der Waals surface area contributed by atoms with Crippen LogP contribution in [0.25, 0.3) is 22.8 Å². The topological polar surface area (TPSA) is 70.3 Å². The molecule has 0 atom stereocenters. The lowest BCUT2D eigenvalue weighted by molar-refractivity contribution is 0.343. The summed E-state index contributed by atoms with van der Waals surface area (Å²) in [5.41, 5.74) is 5.01. The van der Waals surface area contributed by atoms with E-state index in [1.165, 1.54) is 25.7 Å². The third-order valence-corrected chi connectivity index (χ3v) is 5.86. The van der Waals surface area contributed by atoms with Crippen LogP contribution < -0.4 is 9.47 Å². The Labute approximate surface area is 184 Å². The van der Waals surface area contributed by atoms with Crippen molar-refractivity contribution in [2.75, 3.05) is 13.7 Å². The molecule has 0 bridgehead atoms. The summed E-state index contributed by atoms with van der Waals surface area (Å²) in [6.45, 7) is 6.74. The predicted octanol–water partition coefficient (Wildman–Crippen LogP) is 5.94. The average molecular weight is 421 g/mol. The van der Waals surface area contributed by atoms with Crippen molar-refractivity contribution in [3.05, 3.63) is 47.5 Å². The normalized spacial score (nSPS) is 14.2. The van der Waals surface area contributed by atoms with Gasteiger partial charge >= 0.3 is 0 Å². The lowest BCUT2D eigenvalue weighted by atomic mass is 10.0. The molecule has 1 fully saturated rings. The van der Waals surface area contributed by atoms with Gasteiger partial charge in [0.15, 0.2) is 0 Å². The van der Waals surface area contributed by atoms with Gasteiger partial charge in [0.2, 0.25) is 11.7 Å². The van der Waals surface area contributed by atoms with E-state index >= 15 is 0 Å². The van der Waals surface area contributed by atoms with Crippen molar-refractivity contribution < 1.29 is 14.0 Å². The number of ether oxygens (including phenoxy) is 2. The molecule has 1 radical (unpaired) electrons. The number of pyridine rings is 1. The summed E-state index contributed by atoms with van der Waals surface area (Å²) in [6, 6.07) is 8.06. The minimum atomic E-state index is 0.475. The number of rotatable bonds is 8. The maximum absolute atomic E-state index is 5.92. The Morgan fingerprint density at radius 2 is 1.90 bits per heavy atom. The van der Waals surface area contributed by atoms with Crippen LogP contribution in [0.1, 0.15) is 62.3 Å². The van der Waals surface area contributed by atoms with E-state index in [4.69, 9.17) is 19.0 Å². The molecule has 3 aromatic rings. The monoisotopic (exact) mass is 420 g/mol. The molecule has 0 unspecified atom stereocenters. The third kappa shape index (κ3) is 4.58. The maximum Gasteiger partial charge on any atom is 0.258 e. The minimum absolute atomic E-state index is 0.475. The van der Waals surface area contributed by atoms with E-state index in [0.29, 0.717) is 30.1 Å². The second-order valence-electron chi connectivity index (χ2n) is 8.08. The van der Waals surface area contributed by atoms with Crippen LogP contribution in [0.15, 0.2) is 28.8 Å². The molecule has 1 aromatic carbocycles. The standard InChI is InChI=1S/C25H30N3O3/c1-5-11-30-23-16(3)12-20(13-17(23)6-2)25-27-24(28-31-25)19-14-21(18-9-7-8-10-18)26-22(15-19)29-4/h5,12-15,18H,6-11H2,1-4H3. The van der Waals surface area contributed by atoms with Crippen molar-refractivity contribution in [2.24, 2.45) is 0 Å². The number of benzene rings is 1. The minimum Gasteiger partial charge on any atom is -0.493 e. The van der Waals surface area contributed by atoms with Gasteiger partial charge in [-0.2, -0.15) is 4.98 Å². The molecule has 163 valence electrons. The van der Waals surface area contributed by atoms with Gasteiger partial charge in [0.25, 0.3) is 5.89 Å². The molecule has 4 rings (SSSR count). The first-order valence-electron chi connectivity index (χ1n) is 11.1. The van der Waals surface area contributed by atoms with E-state index < -0.39 is 0 Å². The molecule has 0 N–H and O–H groups in total. The fourth-order valence-corrected chi connectivity index (χ4v) is 4.25. The molecule has 1 aliphatic carbocycles. The van der Waals surface area contributed by atoms with Gasteiger partial charge in [0, 0.05) is 28.8 Å². The molecule has 2 heterocycles. The molecule has 31 heavy (non-hydrogen) atoms. The van der Waals surface area contributed by atoms with E-state index in [1.807, 2.05) is 32.4 Å². The highest BCUT2D eigenvalue weighted by Gasteiger charge is 2.22. The first kappa shape index (κ1) is 21.3. The molecule has 1 aliphatic rings. The molecule has 1 saturated carbocycles. The second-order valence-corrected chi connectivity index (χ2v) is 8.08. The highest BCUT2D eigenvalue weighted by Crippen LogP contribution is 2.36. The number of hydrogen-bond acceptors (Lipinski definition) is 6. The van der Waals surface area contributed by atoms with Crippen LogP contribution in [0.5, 0.6) is 11.6 Å². The molecule has 0 amide bonds. The summed E-state index contributed by atoms with van der Waals surface area (Å²) in [4.78, 5) is 9.36. The first-order valence-corrected chi connectivity index (χ1v) is 11.1. The third-order valence-electron chi connectivity index (χ3n) is 5.86. The van der Waals surface area contributed by atoms with E-state index in [9.17, 15) is 0 Å². The van der Waals surface area contributed by atoms with Crippen molar-refractivity contribution in [2.45, 2.75) is 58.8 Å². The van der Waals surface area contributed by atoms with Crippen molar-refractivity contribution in [1.29, 1.82) is 0 Å². The Balaban J connectivity index is 1.67. The number of methoxy groups -OCH3 is 1. The molecule has 6 nitrogen and oxygen atoms in total. The van der Waals surface area contributed by atoms with Crippen LogP contribution in [0, 0.1) is 13.3 Å². The van der Waals surface area contributed by atoms with E-state index in [1.54, 1.807) is 7.11 Å². The summed E-state index contributed by atoms with van der Waals surface area (Å²) in [5.74, 6) is 3.04. The molecule has 0 aliphatic heterocycles. The van der Waals surface area contributed by atoms with Gasteiger partial charge in [-0.3, -0.25) is 0 Å². The SMILES string of the molecule is C[CH]COc1c(C)cc(-c2nc(-c3cc(OC)nc(C4CCCC4)c3)no2)cc1CC. The predicted molar refractivity (Wildman–Crippen MR) is 120 cm³/mol. The van der Waals surface area contributed by atoms with Gasteiger partial charge < -0.3 is 14.0 Å². The van der Waals surface area contributed by atoms with Gasteiger partial charge in [-0.05, 0) is 61.9 Å². The van der Waals surface area contributed by atoms with E-state index in [2.05, 4.69) is 29.2 Å². The maximum atomic E-state index is 5.92. The van der Waals surface area contributed by atoms with E-state index in [0.717, 1.165) is 40.1 Å². The summed E-state index contributed by atoms with van der Waals surface area (Å²) < 4.78 is 17.0. The van der Waals surface area contributed by atoms with Gasteiger partial charge in [-0.25, -0.2) is 4.98 Å². The van der Waals surface area contributed by atoms with Gasteiger partial charge in [-0.15, -0.1) is 0 Å². The molecular weight excluding hydrogens is 390 g/mol. The summed E-state index contributed by atoms with van der Waals surface area (Å²) in [5, 5.41) is 4.26. The van der Waals surface area contributed by atoms with Crippen molar-refractivity contribution in [3.63, 3.8) is 0 Å². The fourth-order valence-electron chi connectivity index (χ4n) is 4.25. The molecule has 6 heteroatoms. The van der Waals surface area contributed by atoms with Crippen LogP contribution in [0.2, 0.25) is 0 Å². The lowest BCUT2D eigenvalue weighted by Gasteiger charge is -2.13. The average Bonchev–Trinajstić information content (AvgIpc) is 3.50. The largest absolute Gasteiger partial charge is 0.493 e. The Morgan fingerprint density at radius 1 is 1.10 bits per heavy atom. The summed E-state index contributed by atoms with van der Waals surface area (Å²) >= 11 is 0. The van der Waals surface area contributed by atoms with Crippen molar-refractivity contribution >= 4 is 0 Å². The molecule has 0 spiro atoms. The quantitative estimate of drug-likeness (QED) is 0.449. The van der Waals surface area contributed by atoms with Crippen molar-refractivity contribution in [3.8, 4) is 34.5 Å². The smallest absolute Gasteiger partial charge is 0.258 e. The summed E-state index contributed by atoms with van der Waals surface area (Å²) in [6.07, 6.45) is 7.70. The van der Waals surface area contributed by atoms with Gasteiger partial charge in [-0.1, -0.05) is 31.8 Å². The number of aryl methyl sites for hydroxylation is 2. The molecule has 0 saturated heterocycles. The van der Waals surface area contributed by atoms with Gasteiger partial charge in [0.1, 0.15) is 5.75 Å². The Morgan fingerprint density at radius 3 is 2.61 bits per heavy atom.